The summed E-state index contributed by atoms with van der Waals surface area (Å²) < 4.78 is 28.5. The number of esters is 2. The van der Waals surface area contributed by atoms with Crippen LogP contribution in [0.25, 0.3) is 0 Å². The van der Waals surface area contributed by atoms with Gasteiger partial charge in [-0.3, -0.25) is 14.5 Å². The van der Waals surface area contributed by atoms with Crippen molar-refractivity contribution in [3.8, 4) is 17.2 Å². The first kappa shape index (κ1) is 25.6. The normalized spacial score (nSPS) is 25.5. The zero-order chi connectivity index (χ0) is 27.1. The summed E-state index contributed by atoms with van der Waals surface area (Å²) in [5, 5.41) is 9.67. The number of phenols is 1. The summed E-state index contributed by atoms with van der Waals surface area (Å²) in [4.78, 5) is 28.6. The number of carbonyl (C=O) groups is 2. The number of fused-ring (bicyclic) bond motifs is 3. The zero-order valence-corrected chi connectivity index (χ0v) is 22.2. The number of methoxy groups -OCH3 is 2. The van der Waals surface area contributed by atoms with Gasteiger partial charge in [-0.25, -0.2) is 0 Å². The van der Waals surface area contributed by atoms with Gasteiger partial charge in [-0.1, -0.05) is 12.1 Å². The summed E-state index contributed by atoms with van der Waals surface area (Å²) in [6, 6.07) is 10.7. The summed E-state index contributed by atoms with van der Waals surface area (Å²) >= 11 is 0. The highest BCUT2D eigenvalue weighted by Gasteiger charge is 2.58. The van der Waals surface area contributed by atoms with Gasteiger partial charge < -0.3 is 28.8 Å². The largest absolute Gasteiger partial charge is 0.508 e. The number of phenolic OH excluding ortho intramolecular Hbond substituents is 1. The van der Waals surface area contributed by atoms with E-state index in [1.165, 1.54) is 7.11 Å². The minimum absolute atomic E-state index is 0.119. The average molecular weight is 536 g/mol. The van der Waals surface area contributed by atoms with Crippen molar-refractivity contribution in [3.05, 3.63) is 64.9 Å². The fourth-order valence-corrected chi connectivity index (χ4v) is 6.76. The van der Waals surface area contributed by atoms with Crippen molar-refractivity contribution >= 4 is 11.9 Å². The molecule has 4 atom stereocenters. The molecule has 1 saturated heterocycles. The fourth-order valence-electron chi connectivity index (χ4n) is 6.76. The first-order valence-corrected chi connectivity index (χ1v) is 13.4. The second-order valence-electron chi connectivity index (χ2n) is 10.7. The number of hydrogen-bond donors (Lipinski definition) is 1. The van der Waals surface area contributed by atoms with Gasteiger partial charge in [0, 0.05) is 6.54 Å². The topological polar surface area (TPSA) is 104 Å². The highest BCUT2D eigenvalue weighted by atomic mass is 16.7. The van der Waals surface area contributed by atoms with E-state index in [4.69, 9.17) is 23.7 Å². The van der Waals surface area contributed by atoms with Gasteiger partial charge in [0.05, 0.1) is 38.0 Å². The Balaban J connectivity index is 1.36. The molecule has 1 spiro atoms. The van der Waals surface area contributed by atoms with Gasteiger partial charge in [0.25, 0.3) is 0 Å². The van der Waals surface area contributed by atoms with Gasteiger partial charge in [0.2, 0.25) is 6.79 Å². The Kier molecular flexibility index (Phi) is 6.62. The lowest BCUT2D eigenvalue weighted by Crippen LogP contribution is -2.47. The summed E-state index contributed by atoms with van der Waals surface area (Å²) in [6.07, 6.45) is 4.45. The number of rotatable bonds is 7. The molecule has 39 heavy (non-hydrogen) atoms. The van der Waals surface area contributed by atoms with E-state index in [0.717, 1.165) is 54.8 Å². The standard InChI is InChI=1S/C30H33NO8/c1-35-25-16-30-9-3-10-31(30)11-8-19-13-23-24(38-17-37-23)15-22(19)27(30)28(25)39-29(34)20(14-26(33)36-2)12-18-4-6-21(32)7-5-18/h4-7,13,15-16,20,27-28,32H,3,8-12,14,17H2,1-2H3/t20-,27+,28+,30-/m0/s1. The summed E-state index contributed by atoms with van der Waals surface area (Å²) in [7, 11) is 2.91. The van der Waals surface area contributed by atoms with E-state index in [0.29, 0.717) is 11.5 Å². The molecule has 9 nitrogen and oxygen atoms in total. The molecule has 9 heteroatoms. The zero-order valence-electron chi connectivity index (χ0n) is 22.2. The first-order chi connectivity index (χ1) is 18.9. The van der Waals surface area contributed by atoms with Gasteiger partial charge in [-0.15, -0.1) is 0 Å². The Hall–Kier alpha value is -3.72. The molecule has 0 saturated carbocycles. The van der Waals surface area contributed by atoms with Crippen molar-refractivity contribution in [2.75, 3.05) is 34.1 Å². The number of ether oxygens (including phenoxy) is 5. The van der Waals surface area contributed by atoms with Crippen LogP contribution in [0.3, 0.4) is 0 Å². The van der Waals surface area contributed by atoms with Crippen LogP contribution in [-0.2, 0) is 36.6 Å². The Morgan fingerprint density at radius 2 is 1.90 bits per heavy atom. The number of benzene rings is 2. The third kappa shape index (κ3) is 4.48. The predicted molar refractivity (Wildman–Crippen MR) is 139 cm³/mol. The number of nitrogens with zero attached hydrogens (tertiary/aromatic N) is 1. The molecule has 0 bridgehead atoms. The van der Waals surface area contributed by atoms with Gasteiger partial charge >= 0.3 is 11.9 Å². The van der Waals surface area contributed by atoms with E-state index >= 15 is 0 Å². The van der Waals surface area contributed by atoms with Crippen LogP contribution in [0.15, 0.2) is 48.2 Å². The molecule has 4 aliphatic rings. The van der Waals surface area contributed by atoms with Gasteiger partial charge in [-0.2, -0.15) is 0 Å². The SMILES string of the molecule is COC(=O)C[C@H](Cc1ccc(O)cc1)C(=O)O[C@@H]1C(OC)=C[C@]23CCCN2CCc2cc4c(cc2[C@H]13)OCO4. The Morgan fingerprint density at radius 1 is 1.13 bits per heavy atom. The van der Waals surface area contributed by atoms with Crippen LogP contribution >= 0.6 is 0 Å². The predicted octanol–water partition coefficient (Wildman–Crippen LogP) is 3.47. The van der Waals surface area contributed by atoms with E-state index in [9.17, 15) is 14.7 Å². The second kappa shape index (κ2) is 10.1. The fraction of sp³-hybridized carbons (Fsp3) is 0.467. The monoisotopic (exact) mass is 535 g/mol. The molecule has 6 rings (SSSR count). The third-order valence-electron chi connectivity index (χ3n) is 8.60. The van der Waals surface area contributed by atoms with Crippen molar-refractivity contribution < 1.29 is 38.4 Å². The molecule has 3 aliphatic heterocycles. The van der Waals surface area contributed by atoms with Crippen LogP contribution in [0, 0.1) is 5.92 Å². The second-order valence-corrected chi connectivity index (χ2v) is 10.7. The third-order valence-corrected chi connectivity index (χ3v) is 8.60. The number of hydrogen-bond acceptors (Lipinski definition) is 9. The molecule has 0 amide bonds. The van der Waals surface area contributed by atoms with Crippen LogP contribution < -0.4 is 9.47 Å². The van der Waals surface area contributed by atoms with Crippen molar-refractivity contribution in [1.29, 1.82) is 0 Å². The smallest absolute Gasteiger partial charge is 0.310 e. The van der Waals surface area contributed by atoms with Crippen molar-refractivity contribution in [2.45, 2.75) is 49.7 Å². The number of aromatic hydroxyl groups is 1. The Labute approximate surface area is 227 Å². The van der Waals surface area contributed by atoms with Gasteiger partial charge in [0.15, 0.2) is 17.6 Å². The molecule has 1 aliphatic carbocycles. The van der Waals surface area contributed by atoms with Crippen molar-refractivity contribution in [1.82, 2.24) is 4.90 Å². The Bertz CT molecular complexity index is 1300. The van der Waals surface area contributed by atoms with Gasteiger partial charge in [-0.05, 0) is 79.3 Å². The maximum atomic E-state index is 13.8. The minimum Gasteiger partial charge on any atom is -0.508 e. The van der Waals surface area contributed by atoms with E-state index in [-0.39, 0.29) is 36.8 Å². The van der Waals surface area contributed by atoms with Crippen molar-refractivity contribution in [3.63, 3.8) is 0 Å². The lowest BCUT2D eigenvalue weighted by molar-refractivity contribution is -0.159. The van der Waals surface area contributed by atoms with E-state index in [1.807, 2.05) is 6.07 Å². The van der Waals surface area contributed by atoms with Crippen LogP contribution in [0.4, 0.5) is 0 Å². The minimum atomic E-state index is -0.765. The molecular weight excluding hydrogens is 502 g/mol. The lowest BCUT2D eigenvalue weighted by Gasteiger charge is -2.39. The van der Waals surface area contributed by atoms with E-state index in [1.54, 1.807) is 31.4 Å². The molecule has 2 aromatic rings. The molecule has 1 fully saturated rings. The van der Waals surface area contributed by atoms with Crippen LogP contribution in [-0.4, -0.2) is 67.7 Å². The molecule has 206 valence electrons. The highest BCUT2D eigenvalue weighted by Crippen LogP contribution is 2.55. The molecule has 2 aromatic carbocycles. The molecule has 3 heterocycles. The molecule has 0 radical (unpaired) electrons. The quantitative estimate of drug-likeness (QED) is 0.534. The maximum Gasteiger partial charge on any atom is 0.310 e. The molecule has 0 unspecified atom stereocenters. The van der Waals surface area contributed by atoms with Gasteiger partial charge in [0.1, 0.15) is 11.5 Å². The van der Waals surface area contributed by atoms with Crippen LogP contribution in [0.2, 0.25) is 0 Å². The molecular formula is C30H33NO8. The van der Waals surface area contributed by atoms with Crippen molar-refractivity contribution in [2.24, 2.45) is 5.92 Å². The van der Waals surface area contributed by atoms with Crippen LogP contribution in [0.1, 0.15) is 41.9 Å². The lowest BCUT2D eigenvalue weighted by atomic mass is 9.77. The summed E-state index contributed by atoms with van der Waals surface area (Å²) in [6.45, 7) is 2.02. The summed E-state index contributed by atoms with van der Waals surface area (Å²) in [5.74, 6) is 0.241. The maximum absolute atomic E-state index is 13.8. The van der Waals surface area contributed by atoms with E-state index in [2.05, 4.69) is 17.0 Å². The van der Waals surface area contributed by atoms with E-state index < -0.39 is 24.0 Å². The highest BCUT2D eigenvalue weighted by molar-refractivity contribution is 5.80. The Morgan fingerprint density at radius 3 is 2.64 bits per heavy atom. The average Bonchev–Trinajstić information content (AvgIpc) is 3.63. The molecule has 0 aromatic heterocycles. The number of carbonyl (C=O) groups excluding carboxylic acids is 2. The molecule has 1 N–H and O–H groups in total. The summed E-state index contributed by atoms with van der Waals surface area (Å²) in [5.41, 5.74) is 2.69. The first-order valence-electron chi connectivity index (χ1n) is 13.4. The van der Waals surface area contributed by atoms with Crippen LogP contribution in [0.5, 0.6) is 17.2 Å².